The van der Waals surface area contributed by atoms with Crippen molar-refractivity contribution in [3.8, 4) is 0 Å². The Morgan fingerprint density at radius 2 is 1.93 bits per heavy atom. The summed E-state index contributed by atoms with van der Waals surface area (Å²) in [5.41, 5.74) is 0. The van der Waals surface area contributed by atoms with E-state index in [1.807, 2.05) is 7.05 Å². The Morgan fingerprint density at radius 1 is 1.21 bits per heavy atom. The van der Waals surface area contributed by atoms with Crippen LogP contribution in [0.4, 0.5) is 0 Å². The normalized spacial score (nSPS) is 13.5. The highest BCUT2D eigenvalue weighted by molar-refractivity contribution is 4.63. The molecule has 0 aromatic rings. The van der Waals surface area contributed by atoms with E-state index in [0.29, 0.717) is 0 Å². The van der Waals surface area contributed by atoms with E-state index in [-0.39, 0.29) is 0 Å². The summed E-state index contributed by atoms with van der Waals surface area (Å²) >= 11 is 0. The van der Waals surface area contributed by atoms with Gasteiger partial charge in [0.2, 0.25) is 0 Å². The van der Waals surface area contributed by atoms with Gasteiger partial charge in [-0.2, -0.15) is 0 Å². The molecule has 1 N–H and O–H groups in total. The van der Waals surface area contributed by atoms with E-state index in [1.54, 1.807) is 0 Å². The van der Waals surface area contributed by atoms with Crippen molar-refractivity contribution >= 4 is 0 Å². The van der Waals surface area contributed by atoms with Crippen LogP contribution >= 0.6 is 0 Å². The highest BCUT2D eigenvalue weighted by Gasteiger charge is 2.07. The minimum absolute atomic E-state index is 0.754. The maximum Gasteiger partial charge on any atom is 0.00638 e. The lowest BCUT2D eigenvalue weighted by Crippen LogP contribution is -2.30. The number of hydrogen-bond donors (Lipinski definition) is 1. The van der Waals surface area contributed by atoms with E-state index < -0.39 is 0 Å². The molecule has 86 valence electrons. The zero-order valence-corrected chi connectivity index (χ0v) is 10.5. The number of unbranched alkanes of at least 4 members (excludes halogenated alkanes) is 2. The van der Waals surface area contributed by atoms with E-state index >= 15 is 0 Å². The molecule has 0 radical (unpaired) electrons. The molecule has 1 atom stereocenters. The molecule has 0 heterocycles. The summed E-state index contributed by atoms with van der Waals surface area (Å²) in [6.45, 7) is 7.00. The quantitative estimate of drug-likeness (QED) is 0.575. The largest absolute Gasteiger partial charge is 0.320 e. The molecule has 0 aromatic carbocycles. The third-order valence-electron chi connectivity index (χ3n) is 2.92. The van der Waals surface area contributed by atoms with Crippen LogP contribution in [0.25, 0.3) is 0 Å². The molecule has 0 aliphatic carbocycles. The van der Waals surface area contributed by atoms with Gasteiger partial charge in [0.25, 0.3) is 0 Å². The van der Waals surface area contributed by atoms with Crippen LogP contribution < -0.4 is 5.32 Å². The fourth-order valence-electron chi connectivity index (χ4n) is 1.60. The van der Waals surface area contributed by atoms with Gasteiger partial charge in [0.15, 0.2) is 0 Å². The summed E-state index contributed by atoms with van der Waals surface area (Å²) in [6, 6.07) is 0.754. The molecular weight excluding hydrogens is 172 g/mol. The van der Waals surface area contributed by atoms with Gasteiger partial charge in [-0.15, -0.1) is 0 Å². The second-order valence-electron chi connectivity index (χ2n) is 4.28. The second-order valence-corrected chi connectivity index (χ2v) is 4.28. The molecule has 0 spiro atoms. The third-order valence-corrected chi connectivity index (χ3v) is 2.92. The minimum Gasteiger partial charge on any atom is -0.320 e. The molecular formula is C12H28N2. The van der Waals surface area contributed by atoms with Gasteiger partial charge in [0.1, 0.15) is 0 Å². The lowest BCUT2D eigenvalue weighted by Gasteiger charge is -2.24. The third kappa shape index (κ3) is 7.34. The van der Waals surface area contributed by atoms with E-state index in [2.05, 4.69) is 31.1 Å². The van der Waals surface area contributed by atoms with Crippen LogP contribution in [0.1, 0.15) is 46.0 Å². The van der Waals surface area contributed by atoms with E-state index in [4.69, 9.17) is 0 Å². The van der Waals surface area contributed by atoms with Crippen molar-refractivity contribution in [1.29, 1.82) is 0 Å². The number of nitrogens with zero attached hydrogens (tertiary/aromatic N) is 1. The molecule has 1 unspecified atom stereocenters. The van der Waals surface area contributed by atoms with E-state index in [1.165, 1.54) is 38.6 Å². The van der Waals surface area contributed by atoms with E-state index in [9.17, 15) is 0 Å². The molecule has 0 aliphatic rings. The molecule has 0 saturated heterocycles. The van der Waals surface area contributed by atoms with Gasteiger partial charge in [-0.05, 0) is 53.4 Å². The first-order valence-electron chi connectivity index (χ1n) is 6.07. The summed E-state index contributed by atoms with van der Waals surface area (Å²) in [5, 5.41) is 3.19. The monoisotopic (exact) mass is 200 g/mol. The molecule has 0 fully saturated rings. The van der Waals surface area contributed by atoms with Gasteiger partial charge in [-0.1, -0.05) is 19.8 Å². The Hall–Kier alpha value is -0.0800. The van der Waals surface area contributed by atoms with Gasteiger partial charge in [0, 0.05) is 6.04 Å². The summed E-state index contributed by atoms with van der Waals surface area (Å²) < 4.78 is 0. The maximum absolute atomic E-state index is 3.19. The van der Waals surface area contributed by atoms with Crippen LogP contribution in [0.15, 0.2) is 0 Å². The topological polar surface area (TPSA) is 15.3 Å². The summed E-state index contributed by atoms with van der Waals surface area (Å²) in [5.74, 6) is 0. The average molecular weight is 200 g/mol. The first-order chi connectivity index (χ1) is 6.72. The number of hydrogen-bond acceptors (Lipinski definition) is 2. The Bertz CT molecular complexity index is 115. The van der Waals surface area contributed by atoms with Crippen molar-refractivity contribution in [3.63, 3.8) is 0 Å². The average Bonchev–Trinajstić information content (AvgIpc) is 2.20. The lowest BCUT2D eigenvalue weighted by molar-refractivity contribution is 0.238. The molecule has 2 heteroatoms. The van der Waals surface area contributed by atoms with Crippen molar-refractivity contribution in [2.45, 2.75) is 52.0 Å². The maximum atomic E-state index is 3.19. The van der Waals surface area contributed by atoms with Crippen LogP contribution in [0, 0.1) is 0 Å². The smallest absolute Gasteiger partial charge is 0.00638 e. The number of nitrogens with one attached hydrogen (secondary N) is 1. The van der Waals surface area contributed by atoms with Crippen molar-refractivity contribution in [2.75, 3.05) is 27.2 Å². The number of rotatable bonds is 9. The van der Waals surface area contributed by atoms with Gasteiger partial charge in [-0.25, -0.2) is 0 Å². The SMILES string of the molecule is CCCCC(C)N(C)CCCCNC. The first kappa shape index (κ1) is 13.9. The van der Waals surface area contributed by atoms with Crippen LogP contribution in [0.2, 0.25) is 0 Å². The minimum atomic E-state index is 0.754. The lowest BCUT2D eigenvalue weighted by atomic mass is 10.1. The zero-order chi connectivity index (χ0) is 10.8. The summed E-state index contributed by atoms with van der Waals surface area (Å²) in [7, 11) is 4.27. The Labute approximate surface area is 90.1 Å². The van der Waals surface area contributed by atoms with Crippen molar-refractivity contribution in [2.24, 2.45) is 0 Å². The van der Waals surface area contributed by atoms with Crippen LogP contribution in [-0.2, 0) is 0 Å². The molecule has 0 amide bonds. The molecule has 0 saturated carbocycles. The predicted molar refractivity (Wildman–Crippen MR) is 64.8 cm³/mol. The molecule has 2 nitrogen and oxygen atoms in total. The van der Waals surface area contributed by atoms with Gasteiger partial charge < -0.3 is 10.2 Å². The molecule has 0 rings (SSSR count). The Kier molecular flexibility index (Phi) is 9.42. The Balaban J connectivity index is 3.36. The van der Waals surface area contributed by atoms with Crippen LogP contribution in [0.3, 0.4) is 0 Å². The fourth-order valence-corrected chi connectivity index (χ4v) is 1.60. The Morgan fingerprint density at radius 3 is 2.50 bits per heavy atom. The summed E-state index contributed by atoms with van der Waals surface area (Å²) in [4.78, 5) is 2.49. The second kappa shape index (κ2) is 9.47. The van der Waals surface area contributed by atoms with Gasteiger partial charge >= 0.3 is 0 Å². The standard InChI is InChI=1S/C12H28N2/c1-5-6-9-12(2)14(4)11-8-7-10-13-3/h12-13H,5-11H2,1-4H3. The van der Waals surface area contributed by atoms with Crippen molar-refractivity contribution in [1.82, 2.24) is 10.2 Å². The highest BCUT2D eigenvalue weighted by atomic mass is 15.1. The molecule has 0 aliphatic heterocycles. The van der Waals surface area contributed by atoms with Crippen molar-refractivity contribution < 1.29 is 0 Å². The van der Waals surface area contributed by atoms with Crippen LogP contribution in [-0.4, -0.2) is 38.1 Å². The molecule has 0 aromatic heterocycles. The predicted octanol–water partition coefficient (Wildman–Crippen LogP) is 2.50. The van der Waals surface area contributed by atoms with Crippen molar-refractivity contribution in [3.05, 3.63) is 0 Å². The fraction of sp³-hybridized carbons (Fsp3) is 1.00. The zero-order valence-electron chi connectivity index (χ0n) is 10.5. The highest BCUT2D eigenvalue weighted by Crippen LogP contribution is 2.07. The molecule has 0 bridgehead atoms. The van der Waals surface area contributed by atoms with Gasteiger partial charge in [0.05, 0.1) is 0 Å². The first-order valence-corrected chi connectivity index (χ1v) is 6.07. The van der Waals surface area contributed by atoms with Gasteiger partial charge in [-0.3, -0.25) is 0 Å². The van der Waals surface area contributed by atoms with Crippen LogP contribution in [0.5, 0.6) is 0 Å². The summed E-state index contributed by atoms with van der Waals surface area (Å²) in [6.07, 6.45) is 6.63. The molecule has 14 heavy (non-hydrogen) atoms. The van der Waals surface area contributed by atoms with E-state index in [0.717, 1.165) is 12.6 Å².